The first kappa shape index (κ1) is 15.8. The van der Waals surface area contributed by atoms with Crippen LogP contribution in [-0.4, -0.2) is 33.5 Å². The number of hydrogen-bond acceptors (Lipinski definition) is 3. The van der Waals surface area contributed by atoms with Gasteiger partial charge in [-0.05, 0) is 18.6 Å². The first-order chi connectivity index (χ1) is 10.6. The lowest BCUT2D eigenvalue weighted by Gasteiger charge is -2.28. The Bertz CT molecular complexity index is 713. The van der Waals surface area contributed by atoms with Gasteiger partial charge in [-0.3, -0.25) is 0 Å². The minimum absolute atomic E-state index is 0.763. The maximum Gasteiger partial charge on any atom is 0.123 e. The minimum atomic E-state index is 0.763. The zero-order valence-corrected chi connectivity index (χ0v) is 13.5. The third kappa shape index (κ3) is 2.48. The Morgan fingerprint density at radius 2 is 1.86 bits per heavy atom. The second kappa shape index (κ2) is 6.43. The van der Waals surface area contributed by atoms with E-state index in [1.54, 1.807) is 10.8 Å². The van der Waals surface area contributed by atoms with Crippen molar-refractivity contribution in [3.05, 3.63) is 72.8 Å². The summed E-state index contributed by atoms with van der Waals surface area (Å²) in [5.74, 6) is 0. The maximum absolute atomic E-state index is 4.35. The van der Waals surface area contributed by atoms with E-state index in [1.165, 1.54) is 5.57 Å². The molecule has 2 heterocycles. The zero-order chi connectivity index (χ0) is 16.3. The van der Waals surface area contributed by atoms with Crippen LogP contribution in [0, 0.1) is 0 Å². The lowest BCUT2D eigenvalue weighted by Crippen LogP contribution is -2.23. The molecule has 1 aliphatic heterocycles. The van der Waals surface area contributed by atoms with Gasteiger partial charge in [0, 0.05) is 37.5 Å². The number of aryl methyl sites for hydroxylation is 1. The largest absolute Gasteiger partial charge is 0.370 e. The number of hydrogen-bond donors (Lipinski definition) is 0. The summed E-state index contributed by atoms with van der Waals surface area (Å²) >= 11 is 0. The van der Waals surface area contributed by atoms with Gasteiger partial charge in [0.1, 0.15) is 5.69 Å². The quantitative estimate of drug-likeness (QED) is 0.857. The predicted octanol–water partition coefficient (Wildman–Crippen LogP) is 3.36. The predicted molar refractivity (Wildman–Crippen MR) is 92.9 cm³/mol. The molecule has 1 aromatic rings. The van der Waals surface area contributed by atoms with E-state index in [4.69, 9.17) is 0 Å². The molecule has 1 aromatic heterocycles. The van der Waals surface area contributed by atoms with Crippen molar-refractivity contribution in [2.24, 2.45) is 7.05 Å². The standard InChI is InChI=1S/C18H22N4/c1-7-11-15-13(8-2)12-21(5)16(10-4)14(9-3)17-18(15)22(6)20-19-17/h7-11H,1,3-4,12H2,2,5-6H3/b13-8-,15-11+,16-14-. The van der Waals surface area contributed by atoms with Crippen molar-refractivity contribution in [2.75, 3.05) is 13.6 Å². The average Bonchev–Trinajstić information content (AvgIpc) is 2.87. The lowest BCUT2D eigenvalue weighted by molar-refractivity contribution is 0.474. The molecular weight excluding hydrogens is 272 g/mol. The molecule has 4 heteroatoms. The summed E-state index contributed by atoms with van der Waals surface area (Å²) in [5, 5.41) is 8.56. The highest BCUT2D eigenvalue weighted by Gasteiger charge is 2.25. The first-order valence-electron chi connectivity index (χ1n) is 7.18. The fourth-order valence-electron chi connectivity index (χ4n) is 2.76. The number of rotatable bonds is 3. The van der Waals surface area contributed by atoms with Crippen LogP contribution in [0.2, 0.25) is 0 Å². The van der Waals surface area contributed by atoms with Gasteiger partial charge in [-0.1, -0.05) is 49.3 Å². The fourth-order valence-corrected chi connectivity index (χ4v) is 2.76. The maximum atomic E-state index is 4.35. The molecule has 0 saturated heterocycles. The van der Waals surface area contributed by atoms with Gasteiger partial charge in [0.05, 0.1) is 5.69 Å². The number of fused-ring (bicyclic) bond motifs is 1. The Balaban J connectivity index is 2.90. The van der Waals surface area contributed by atoms with E-state index in [-0.39, 0.29) is 0 Å². The molecule has 0 amide bonds. The van der Waals surface area contributed by atoms with E-state index in [0.29, 0.717) is 0 Å². The topological polar surface area (TPSA) is 34.0 Å². The summed E-state index contributed by atoms with van der Waals surface area (Å²) < 4.78 is 1.80. The molecule has 2 rings (SSSR count). The molecule has 0 aromatic carbocycles. The van der Waals surface area contributed by atoms with Gasteiger partial charge in [0.15, 0.2) is 0 Å². The van der Waals surface area contributed by atoms with E-state index < -0.39 is 0 Å². The molecule has 22 heavy (non-hydrogen) atoms. The molecule has 4 nitrogen and oxygen atoms in total. The summed E-state index contributed by atoms with van der Waals surface area (Å²) in [6.07, 6.45) is 9.56. The summed E-state index contributed by atoms with van der Waals surface area (Å²) in [4.78, 5) is 2.15. The minimum Gasteiger partial charge on any atom is -0.370 e. The Morgan fingerprint density at radius 1 is 1.14 bits per heavy atom. The van der Waals surface area contributed by atoms with Crippen molar-refractivity contribution in [1.29, 1.82) is 0 Å². The molecule has 0 spiro atoms. The van der Waals surface area contributed by atoms with E-state index >= 15 is 0 Å². The molecule has 0 bridgehead atoms. The van der Waals surface area contributed by atoms with Crippen LogP contribution in [0.25, 0.3) is 11.1 Å². The van der Waals surface area contributed by atoms with E-state index in [2.05, 4.69) is 41.0 Å². The van der Waals surface area contributed by atoms with Gasteiger partial charge in [0.2, 0.25) is 0 Å². The monoisotopic (exact) mass is 294 g/mol. The SMILES string of the molecule is C=C/C=C1\C(=C/C)CN(C)/C(C=C)=C(/C=C)c2nnn(C)c21. The highest BCUT2D eigenvalue weighted by atomic mass is 15.4. The van der Waals surface area contributed by atoms with Crippen LogP contribution >= 0.6 is 0 Å². The zero-order valence-electron chi connectivity index (χ0n) is 13.5. The van der Waals surface area contributed by atoms with Gasteiger partial charge < -0.3 is 4.90 Å². The Morgan fingerprint density at radius 3 is 2.41 bits per heavy atom. The Kier molecular flexibility index (Phi) is 4.61. The number of nitrogens with zero attached hydrogens (tertiary/aromatic N) is 4. The molecule has 0 fully saturated rings. The number of allylic oxidation sites excluding steroid dienone is 6. The molecule has 114 valence electrons. The average molecular weight is 294 g/mol. The summed E-state index contributed by atoms with van der Waals surface area (Å²) in [6.45, 7) is 14.5. The van der Waals surface area contributed by atoms with Crippen LogP contribution in [-0.2, 0) is 7.05 Å². The van der Waals surface area contributed by atoms with Crippen LogP contribution in [0.15, 0.2) is 61.4 Å². The number of aromatic nitrogens is 3. The van der Waals surface area contributed by atoms with Gasteiger partial charge >= 0.3 is 0 Å². The van der Waals surface area contributed by atoms with Crippen LogP contribution < -0.4 is 0 Å². The lowest BCUT2D eigenvalue weighted by atomic mass is 9.93. The van der Waals surface area contributed by atoms with Crippen LogP contribution in [0.1, 0.15) is 18.3 Å². The van der Waals surface area contributed by atoms with Crippen molar-refractivity contribution in [2.45, 2.75) is 6.92 Å². The Labute approximate surface area is 132 Å². The highest BCUT2D eigenvalue weighted by Crippen LogP contribution is 2.34. The summed E-state index contributed by atoms with van der Waals surface area (Å²) in [6, 6.07) is 0. The number of likely N-dealkylation sites (N-methyl/N-ethyl adjacent to an activating group) is 1. The van der Waals surface area contributed by atoms with Gasteiger partial charge in [-0.2, -0.15) is 0 Å². The van der Waals surface area contributed by atoms with Gasteiger partial charge in [0.25, 0.3) is 0 Å². The molecule has 0 aliphatic carbocycles. The third-order valence-corrected chi connectivity index (χ3v) is 3.81. The fraction of sp³-hybridized carbons (Fsp3) is 0.222. The van der Waals surface area contributed by atoms with Crippen molar-refractivity contribution >= 4 is 11.1 Å². The summed E-state index contributed by atoms with van der Waals surface area (Å²) in [7, 11) is 3.94. The van der Waals surface area contributed by atoms with E-state index in [1.807, 2.05) is 39.2 Å². The summed E-state index contributed by atoms with van der Waals surface area (Å²) in [5.41, 5.74) is 5.98. The van der Waals surface area contributed by atoms with E-state index in [9.17, 15) is 0 Å². The molecule has 0 saturated carbocycles. The van der Waals surface area contributed by atoms with Crippen LogP contribution in [0.5, 0.6) is 0 Å². The van der Waals surface area contributed by atoms with Gasteiger partial charge in [-0.25, -0.2) is 4.68 Å². The molecule has 0 radical (unpaired) electrons. The highest BCUT2D eigenvalue weighted by molar-refractivity contribution is 5.89. The Hall–Kier alpha value is -2.62. The smallest absolute Gasteiger partial charge is 0.123 e. The second-order valence-electron chi connectivity index (χ2n) is 5.10. The van der Waals surface area contributed by atoms with Crippen molar-refractivity contribution in [1.82, 2.24) is 19.9 Å². The molecule has 0 N–H and O–H groups in total. The van der Waals surface area contributed by atoms with Crippen molar-refractivity contribution < 1.29 is 0 Å². The third-order valence-electron chi connectivity index (χ3n) is 3.81. The first-order valence-corrected chi connectivity index (χ1v) is 7.18. The van der Waals surface area contributed by atoms with Gasteiger partial charge in [-0.15, -0.1) is 5.10 Å². The normalized spacial score (nSPS) is 22.2. The second-order valence-corrected chi connectivity index (χ2v) is 5.10. The van der Waals surface area contributed by atoms with Crippen molar-refractivity contribution in [3.63, 3.8) is 0 Å². The van der Waals surface area contributed by atoms with E-state index in [0.717, 1.165) is 34.8 Å². The molecule has 0 atom stereocenters. The molecule has 1 aliphatic rings. The molecular formula is C18H22N4. The van der Waals surface area contributed by atoms with Crippen LogP contribution in [0.4, 0.5) is 0 Å². The van der Waals surface area contributed by atoms with Crippen molar-refractivity contribution in [3.8, 4) is 0 Å². The van der Waals surface area contributed by atoms with Crippen LogP contribution in [0.3, 0.4) is 0 Å². The molecule has 0 unspecified atom stereocenters.